The van der Waals surface area contributed by atoms with E-state index in [1.807, 2.05) is 6.92 Å². The lowest BCUT2D eigenvalue weighted by Crippen LogP contribution is -2.59. The summed E-state index contributed by atoms with van der Waals surface area (Å²) >= 11 is 0. The summed E-state index contributed by atoms with van der Waals surface area (Å²) < 4.78 is 0. The Morgan fingerprint density at radius 3 is 2.71 bits per heavy atom. The van der Waals surface area contributed by atoms with E-state index in [1.165, 1.54) is 0 Å². The first-order chi connectivity index (χ1) is 7.97. The van der Waals surface area contributed by atoms with Crippen molar-refractivity contribution in [2.45, 2.75) is 45.2 Å². The third-order valence-electron chi connectivity index (χ3n) is 3.38. The number of carbonyl (C=O) groups is 2. The van der Waals surface area contributed by atoms with Crippen LogP contribution in [-0.2, 0) is 9.59 Å². The van der Waals surface area contributed by atoms with Crippen LogP contribution in [0.5, 0.6) is 0 Å². The predicted molar refractivity (Wildman–Crippen MR) is 64.8 cm³/mol. The fourth-order valence-electron chi connectivity index (χ4n) is 2.30. The normalized spacial score (nSPS) is 26.3. The molecule has 1 fully saturated rings. The molecule has 1 aliphatic rings. The summed E-state index contributed by atoms with van der Waals surface area (Å²) in [6.45, 7) is 5.78. The molecule has 1 aliphatic heterocycles. The van der Waals surface area contributed by atoms with E-state index in [1.54, 1.807) is 11.9 Å². The first-order valence-electron chi connectivity index (χ1n) is 6.19. The zero-order chi connectivity index (χ0) is 13.0. The lowest BCUT2D eigenvalue weighted by molar-refractivity contribution is -0.145. The van der Waals surface area contributed by atoms with E-state index in [4.69, 9.17) is 5.11 Å². The van der Waals surface area contributed by atoms with E-state index in [0.29, 0.717) is 6.42 Å². The molecule has 1 heterocycles. The molecule has 0 aromatic heterocycles. The smallest absolute Gasteiger partial charge is 0.303 e. The molecule has 1 saturated heterocycles. The van der Waals surface area contributed by atoms with Gasteiger partial charge in [-0.1, -0.05) is 6.92 Å². The van der Waals surface area contributed by atoms with Crippen LogP contribution < -0.4 is 0 Å². The van der Waals surface area contributed by atoms with Crippen LogP contribution in [0.25, 0.3) is 0 Å². The fraction of sp³-hybridized carbons (Fsp3) is 0.833. The Labute approximate surface area is 102 Å². The highest BCUT2D eigenvalue weighted by molar-refractivity contribution is 5.83. The summed E-state index contributed by atoms with van der Waals surface area (Å²) in [7, 11) is 1.80. The number of amides is 1. The molecule has 0 aliphatic carbocycles. The number of carboxylic acid groups (broad SMARTS) is 1. The largest absolute Gasteiger partial charge is 0.481 e. The minimum Gasteiger partial charge on any atom is -0.481 e. The van der Waals surface area contributed by atoms with Crippen molar-refractivity contribution in [2.24, 2.45) is 0 Å². The van der Waals surface area contributed by atoms with Crippen LogP contribution in [0.2, 0.25) is 0 Å². The predicted octanol–water partition coefficient (Wildman–Crippen LogP) is 0.792. The lowest BCUT2D eigenvalue weighted by Gasteiger charge is -2.43. The van der Waals surface area contributed by atoms with Crippen molar-refractivity contribution >= 4 is 11.9 Å². The van der Waals surface area contributed by atoms with Crippen LogP contribution in [-0.4, -0.2) is 59.0 Å². The first-order valence-corrected chi connectivity index (χ1v) is 6.19. The summed E-state index contributed by atoms with van der Waals surface area (Å²) in [4.78, 5) is 26.6. The first kappa shape index (κ1) is 14.0. The number of nitrogens with zero attached hydrogens (tertiary/aromatic N) is 2. The van der Waals surface area contributed by atoms with Crippen molar-refractivity contribution in [3.8, 4) is 0 Å². The summed E-state index contributed by atoms with van der Waals surface area (Å²) in [5, 5.41) is 8.72. The van der Waals surface area contributed by atoms with Crippen molar-refractivity contribution < 1.29 is 14.7 Å². The second kappa shape index (κ2) is 6.00. The molecule has 0 radical (unpaired) electrons. The molecule has 2 unspecified atom stereocenters. The standard InChI is InChI=1S/C12H22N2O3/c1-4-7-14-8-9(2)13(3)12(17)10(14)5-6-11(15)16/h9-10H,4-8H2,1-3H3,(H,15,16). The maximum Gasteiger partial charge on any atom is 0.303 e. The number of rotatable bonds is 5. The molecule has 2 atom stereocenters. The van der Waals surface area contributed by atoms with Crippen molar-refractivity contribution in [3.63, 3.8) is 0 Å². The summed E-state index contributed by atoms with van der Waals surface area (Å²) in [6, 6.07) is -0.0534. The molecular formula is C12H22N2O3. The van der Waals surface area contributed by atoms with Gasteiger partial charge in [0.1, 0.15) is 0 Å². The highest BCUT2D eigenvalue weighted by Gasteiger charge is 2.36. The lowest BCUT2D eigenvalue weighted by atomic mass is 10.0. The van der Waals surface area contributed by atoms with Crippen molar-refractivity contribution in [1.29, 1.82) is 0 Å². The van der Waals surface area contributed by atoms with Gasteiger partial charge in [0, 0.05) is 26.1 Å². The minimum atomic E-state index is -0.837. The molecule has 98 valence electrons. The number of hydrogen-bond donors (Lipinski definition) is 1. The third-order valence-corrected chi connectivity index (χ3v) is 3.38. The van der Waals surface area contributed by atoms with E-state index < -0.39 is 5.97 Å². The second-order valence-electron chi connectivity index (χ2n) is 4.74. The molecule has 0 spiro atoms. The van der Waals surface area contributed by atoms with Gasteiger partial charge in [-0.3, -0.25) is 14.5 Å². The van der Waals surface area contributed by atoms with Gasteiger partial charge in [0.25, 0.3) is 0 Å². The maximum atomic E-state index is 12.1. The number of carboxylic acids is 1. The number of likely N-dealkylation sites (N-methyl/N-ethyl adjacent to an activating group) is 1. The van der Waals surface area contributed by atoms with E-state index in [0.717, 1.165) is 19.5 Å². The Hall–Kier alpha value is -1.10. The molecule has 1 rings (SSSR count). The van der Waals surface area contributed by atoms with Gasteiger partial charge < -0.3 is 10.0 Å². The van der Waals surface area contributed by atoms with Crippen LogP contribution in [0.1, 0.15) is 33.1 Å². The number of hydrogen-bond acceptors (Lipinski definition) is 3. The summed E-state index contributed by atoms with van der Waals surface area (Å²) in [5.74, 6) is -0.783. The van der Waals surface area contributed by atoms with E-state index in [9.17, 15) is 9.59 Å². The topological polar surface area (TPSA) is 60.9 Å². The zero-order valence-corrected chi connectivity index (χ0v) is 10.8. The Morgan fingerprint density at radius 1 is 1.53 bits per heavy atom. The van der Waals surface area contributed by atoms with Gasteiger partial charge in [-0.25, -0.2) is 0 Å². The monoisotopic (exact) mass is 242 g/mol. The molecule has 5 nitrogen and oxygen atoms in total. The van der Waals surface area contributed by atoms with Crippen molar-refractivity contribution in [1.82, 2.24) is 9.80 Å². The number of carbonyl (C=O) groups excluding carboxylic acids is 1. The van der Waals surface area contributed by atoms with Gasteiger partial charge in [-0.05, 0) is 26.3 Å². The Balaban J connectivity index is 2.71. The minimum absolute atomic E-state index is 0.0541. The van der Waals surface area contributed by atoms with Gasteiger partial charge in [-0.15, -0.1) is 0 Å². The van der Waals surface area contributed by atoms with Crippen LogP contribution in [0, 0.1) is 0 Å². The number of piperazine rings is 1. The van der Waals surface area contributed by atoms with E-state index in [-0.39, 0.29) is 24.4 Å². The average molecular weight is 242 g/mol. The van der Waals surface area contributed by atoms with E-state index in [2.05, 4.69) is 11.8 Å². The Bertz CT molecular complexity index is 293. The second-order valence-corrected chi connectivity index (χ2v) is 4.74. The Morgan fingerprint density at radius 2 is 2.18 bits per heavy atom. The fourth-order valence-corrected chi connectivity index (χ4v) is 2.30. The van der Waals surface area contributed by atoms with Crippen molar-refractivity contribution in [3.05, 3.63) is 0 Å². The van der Waals surface area contributed by atoms with Crippen LogP contribution in [0.15, 0.2) is 0 Å². The molecule has 0 saturated carbocycles. The van der Waals surface area contributed by atoms with Gasteiger partial charge in [0.15, 0.2) is 0 Å². The molecule has 5 heteroatoms. The summed E-state index contributed by atoms with van der Waals surface area (Å²) in [6.07, 6.45) is 1.44. The molecule has 17 heavy (non-hydrogen) atoms. The number of aliphatic carboxylic acids is 1. The van der Waals surface area contributed by atoms with Gasteiger partial charge in [-0.2, -0.15) is 0 Å². The zero-order valence-electron chi connectivity index (χ0n) is 10.8. The van der Waals surface area contributed by atoms with E-state index >= 15 is 0 Å². The molecule has 1 amide bonds. The highest BCUT2D eigenvalue weighted by Crippen LogP contribution is 2.19. The van der Waals surface area contributed by atoms with Crippen molar-refractivity contribution in [2.75, 3.05) is 20.1 Å². The summed E-state index contributed by atoms with van der Waals surface area (Å²) in [5.41, 5.74) is 0. The van der Waals surface area contributed by atoms with Gasteiger partial charge >= 0.3 is 5.97 Å². The van der Waals surface area contributed by atoms with Gasteiger partial charge in [0.05, 0.1) is 6.04 Å². The molecule has 0 aromatic carbocycles. The SMILES string of the molecule is CCCN1CC(C)N(C)C(=O)C1CCC(=O)O. The van der Waals surface area contributed by atoms with Crippen LogP contribution in [0.3, 0.4) is 0 Å². The molecule has 1 N–H and O–H groups in total. The molecule has 0 bridgehead atoms. The highest BCUT2D eigenvalue weighted by atomic mass is 16.4. The molecular weight excluding hydrogens is 220 g/mol. The van der Waals surface area contributed by atoms with Gasteiger partial charge in [0.2, 0.25) is 5.91 Å². The Kier molecular flexibility index (Phi) is 4.93. The average Bonchev–Trinajstić information content (AvgIpc) is 2.26. The van der Waals surface area contributed by atoms with Crippen LogP contribution >= 0.6 is 0 Å². The maximum absolute atomic E-state index is 12.1. The van der Waals surface area contributed by atoms with Crippen LogP contribution in [0.4, 0.5) is 0 Å². The molecule has 0 aromatic rings. The quantitative estimate of drug-likeness (QED) is 0.774. The third kappa shape index (κ3) is 3.43.